The molecule has 0 aliphatic heterocycles. The summed E-state index contributed by atoms with van der Waals surface area (Å²) in [4.78, 5) is 62.6. The van der Waals surface area contributed by atoms with Crippen molar-refractivity contribution in [3.8, 4) is 0 Å². The number of amides is 4. The zero-order valence-corrected chi connectivity index (χ0v) is 26.5. The van der Waals surface area contributed by atoms with Crippen LogP contribution < -0.4 is 21.7 Å². The van der Waals surface area contributed by atoms with Gasteiger partial charge < -0.3 is 26.6 Å². The van der Waals surface area contributed by atoms with Crippen LogP contribution in [0.15, 0.2) is 91.0 Å². The minimum Gasteiger partial charge on any atom is -0.368 e. The number of rotatable bonds is 17. The Morgan fingerprint density at radius 3 is 2.22 bits per heavy atom. The van der Waals surface area contributed by atoms with Crippen molar-refractivity contribution in [2.45, 2.75) is 56.9 Å². The van der Waals surface area contributed by atoms with Crippen LogP contribution in [0.2, 0.25) is 0 Å². The average Bonchev–Trinajstić information content (AvgIpc) is 3.02. The first kappa shape index (κ1) is 35.9. The van der Waals surface area contributed by atoms with Crippen LogP contribution in [0.1, 0.15) is 54.1 Å². The lowest BCUT2D eigenvalue weighted by atomic mass is 10.1. The summed E-state index contributed by atoms with van der Waals surface area (Å²) < 4.78 is 27.4. The Hall–Kier alpha value is -4.60. The third-order valence-electron chi connectivity index (χ3n) is 7.15. The minimum absolute atomic E-state index is 0.0542. The zero-order valence-electron chi connectivity index (χ0n) is 25.6. The summed E-state index contributed by atoms with van der Waals surface area (Å²) in [5.41, 5.74) is 7.01. The van der Waals surface area contributed by atoms with Crippen molar-refractivity contribution in [1.82, 2.24) is 16.0 Å². The summed E-state index contributed by atoms with van der Waals surface area (Å²) in [6.45, 7) is 1.90. The molecule has 0 heterocycles. The molecule has 244 valence electrons. The topological polar surface area (TPSA) is 168 Å². The Balaban J connectivity index is 1.72. The lowest BCUT2D eigenvalue weighted by Crippen LogP contribution is -2.53. The molecule has 3 aromatic rings. The third kappa shape index (κ3) is 11.7. The smallest absolute Gasteiger partial charge is 0.252 e. The van der Waals surface area contributed by atoms with E-state index in [1.54, 1.807) is 42.5 Å². The average molecular weight is 651 g/mol. The summed E-state index contributed by atoms with van der Waals surface area (Å²) in [5.74, 6) is -5.14. The second-order valence-electron chi connectivity index (χ2n) is 10.9. The van der Waals surface area contributed by atoms with Crippen LogP contribution in [0, 0.1) is 5.82 Å². The van der Waals surface area contributed by atoms with Gasteiger partial charge in [0.15, 0.2) is 0 Å². The summed E-state index contributed by atoms with van der Waals surface area (Å²) in [5, 5.41) is 7.61. The van der Waals surface area contributed by atoms with Gasteiger partial charge in [-0.2, -0.15) is 0 Å². The molecule has 4 amide bonds. The molecular formula is C34H40FN4O6P. The number of carbonyl (C=O) groups excluding carboxylic acids is 4. The van der Waals surface area contributed by atoms with Gasteiger partial charge in [0.05, 0.1) is 0 Å². The molecule has 12 heteroatoms. The van der Waals surface area contributed by atoms with E-state index in [-0.39, 0.29) is 24.8 Å². The van der Waals surface area contributed by atoms with Crippen LogP contribution in [-0.4, -0.2) is 52.6 Å². The van der Waals surface area contributed by atoms with E-state index in [9.17, 15) is 33.0 Å². The van der Waals surface area contributed by atoms with Gasteiger partial charge in [0.1, 0.15) is 29.8 Å². The molecule has 0 aromatic heterocycles. The SMILES string of the molecule is CCCC[C@H](NC(=O)CP(=O)(O)C(Cc1ccccc1)NC(=O)c1cccc(F)c1)C(=O)N[C@@H](C/C=C/c1ccccc1)C(N)=O. The zero-order chi connectivity index (χ0) is 33.5. The second kappa shape index (κ2) is 17.8. The maximum Gasteiger partial charge on any atom is 0.252 e. The van der Waals surface area contributed by atoms with E-state index < -0.39 is 60.8 Å². The van der Waals surface area contributed by atoms with Crippen molar-refractivity contribution < 1.29 is 33.0 Å². The number of nitrogens with two attached hydrogens (primary N) is 1. The number of hydrogen-bond acceptors (Lipinski definition) is 5. The normalized spacial score (nSPS) is 14.4. The summed E-state index contributed by atoms with van der Waals surface area (Å²) >= 11 is 0. The summed E-state index contributed by atoms with van der Waals surface area (Å²) in [6.07, 6.45) is 4.07. The van der Waals surface area contributed by atoms with Crippen LogP contribution in [0.3, 0.4) is 0 Å². The maximum atomic E-state index is 13.7. The molecular weight excluding hydrogens is 610 g/mol. The molecule has 0 bridgehead atoms. The van der Waals surface area contributed by atoms with Crippen molar-refractivity contribution in [2.24, 2.45) is 5.73 Å². The molecule has 6 N–H and O–H groups in total. The highest BCUT2D eigenvalue weighted by molar-refractivity contribution is 7.59. The highest BCUT2D eigenvalue weighted by Gasteiger charge is 2.36. The van der Waals surface area contributed by atoms with Crippen molar-refractivity contribution >= 4 is 37.1 Å². The molecule has 3 aromatic carbocycles. The first-order chi connectivity index (χ1) is 22.0. The van der Waals surface area contributed by atoms with E-state index in [0.717, 1.165) is 17.7 Å². The van der Waals surface area contributed by atoms with Crippen LogP contribution in [0.4, 0.5) is 4.39 Å². The monoisotopic (exact) mass is 650 g/mol. The molecule has 0 fully saturated rings. The van der Waals surface area contributed by atoms with Crippen molar-refractivity contribution in [3.05, 3.63) is 114 Å². The Kier molecular flexibility index (Phi) is 13.9. The molecule has 0 radical (unpaired) electrons. The highest BCUT2D eigenvalue weighted by atomic mass is 31.2. The van der Waals surface area contributed by atoms with Gasteiger partial charge in [0.2, 0.25) is 25.1 Å². The van der Waals surface area contributed by atoms with Gasteiger partial charge in [-0.05, 0) is 42.2 Å². The van der Waals surface area contributed by atoms with Gasteiger partial charge in [0.25, 0.3) is 5.91 Å². The van der Waals surface area contributed by atoms with Crippen molar-refractivity contribution in [1.29, 1.82) is 0 Å². The van der Waals surface area contributed by atoms with Crippen LogP contribution in [-0.2, 0) is 25.4 Å². The van der Waals surface area contributed by atoms with Gasteiger partial charge >= 0.3 is 0 Å². The lowest BCUT2D eigenvalue weighted by molar-refractivity contribution is -0.130. The van der Waals surface area contributed by atoms with Crippen molar-refractivity contribution in [2.75, 3.05) is 6.16 Å². The molecule has 0 saturated carbocycles. The van der Waals surface area contributed by atoms with E-state index in [4.69, 9.17) is 5.73 Å². The maximum absolute atomic E-state index is 13.7. The fourth-order valence-corrected chi connectivity index (χ4v) is 6.19. The predicted molar refractivity (Wildman–Crippen MR) is 175 cm³/mol. The molecule has 46 heavy (non-hydrogen) atoms. The van der Waals surface area contributed by atoms with E-state index in [1.807, 2.05) is 37.3 Å². The lowest BCUT2D eigenvalue weighted by Gasteiger charge is -2.26. The second-order valence-corrected chi connectivity index (χ2v) is 13.3. The Morgan fingerprint density at radius 2 is 1.59 bits per heavy atom. The van der Waals surface area contributed by atoms with Gasteiger partial charge in [-0.25, -0.2) is 4.39 Å². The van der Waals surface area contributed by atoms with E-state index in [1.165, 1.54) is 12.1 Å². The molecule has 10 nitrogen and oxygen atoms in total. The number of halogens is 1. The molecule has 0 saturated heterocycles. The Labute approximate surface area is 268 Å². The summed E-state index contributed by atoms with van der Waals surface area (Å²) in [7, 11) is -4.46. The number of carbonyl (C=O) groups is 4. The first-order valence-corrected chi connectivity index (χ1v) is 16.9. The van der Waals surface area contributed by atoms with Gasteiger partial charge in [-0.3, -0.25) is 23.7 Å². The first-order valence-electron chi connectivity index (χ1n) is 15.0. The van der Waals surface area contributed by atoms with Crippen LogP contribution in [0.5, 0.6) is 0 Å². The summed E-state index contributed by atoms with van der Waals surface area (Å²) in [6, 6.07) is 20.7. The highest BCUT2D eigenvalue weighted by Crippen LogP contribution is 2.46. The van der Waals surface area contributed by atoms with Crippen LogP contribution >= 0.6 is 7.37 Å². The molecule has 3 rings (SSSR count). The Bertz CT molecular complexity index is 1550. The number of hydrogen-bond donors (Lipinski definition) is 5. The standard InChI is InChI=1S/C34H40FN4O6P/c1-2-3-19-29(34(43)38-28(32(36)41)20-10-16-24-12-6-4-7-13-24)37-30(40)23-46(44,45)31(21-25-14-8-5-9-15-25)39-33(42)26-17-11-18-27(35)22-26/h4-18,22,28-29,31H,2-3,19-21,23H2,1H3,(H2,36,41)(H,37,40)(H,38,43)(H,39,42)(H,44,45)/b16-10+/t28-,29-,31?/m0/s1. The van der Waals surface area contributed by atoms with E-state index in [2.05, 4.69) is 16.0 Å². The van der Waals surface area contributed by atoms with E-state index >= 15 is 0 Å². The van der Waals surface area contributed by atoms with Crippen molar-refractivity contribution in [3.63, 3.8) is 0 Å². The van der Waals surface area contributed by atoms with Crippen LogP contribution in [0.25, 0.3) is 6.08 Å². The molecule has 4 atom stereocenters. The number of nitrogens with one attached hydrogen (secondary N) is 3. The third-order valence-corrected chi connectivity index (χ3v) is 9.18. The number of benzene rings is 3. The molecule has 0 aliphatic rings. The van der Waals surface area contributed by atoms with Gasteiger partial charge in [0, 0.05) is 12.0 Å². The predicted octanol–water partition coefficient (Wildman–Crippen LogP) is 4.14. The molecule has 0 aliphatic carbocycles. The fraction of sp³-hybridized carbons (Fsp3) is 0.294. The Morgan fingerprint density at radius 1 is 0.913 bits per heavy atom. The quantitative estimate of drug-likeness (QED) is 0.138. The van der Waals surface area contributed by atoms with Gasteiger partial charge in [-0.15, -0.1) is 0 Å². The molecule has 2 unspecified atom stereocenters. The molecule has 0 spiro atoms. The largest absolute Gasteiger partial charge is 0.368 e. The number of unbranched alkanes of at least 4 members (excludes halogenated alkanes) is 1. The number of primary amides is 1. The fourth-order valence-electron chi connectivity index (χ4n) is 4.65. The van der Waals surface area contributed by atoms with Gasteiger partial charge in [-0.1, -0.05) is 98.6 Å². The minimum atomic E-state index is -4.46. The van der Waals surface area contributed by atoms with E-state index in [0.29, 0.717) is 18.4 Å².